The fourth-order valence-electron chi connectivity index (χ4n) is 5.57. The van der Waals surface area contributed by atoms with E-state index < -0.39 is 7.14 Å². The van der Waals surface area contributed by atoms with Gasteiger partial charge in [0.1, 0.15) is 0 Å². The summed E-state index contributed by atoms with van der Waals surface area (Å²) < 4.78 is 14.4. The first-order valence-electron chi connectivity index (χ1n) is 9.46. The van der Waals surface area contributed by atoms with Crippen molar-refractivity contribution in [3.63, 3.8) is 0 Å². The Morgan fingerprint density at radius 2 is 1.24 bits per heavy atom. The molecule has 0 heterocycles. The van der Waals surface area contributed by atoms with Crippen LogP contribution in [-0.2, 0) is 4.57 Å². The quantitative estimate of drug-likeness (QED) is 0.727. The molecule has 0 aromatic heterocycles. The lowest BCUT2D eigenvalue weighted by atomic mass is 9.99. The maximum Gasteiger partial charge on any atom is 0.0968 e. The molecule has 1 N–H and O–H groups in total. The van der Waals surface area contributed by atoms with Crippen molar-refractivity contribution >= 4 is 7.14 Å². The summed E-state index contributed by atoms with van der Waals surface area (Å²) in [6.07, 6.45) is 16.1. The van der Waals surface area contributed by atoms with E-state index in [1.165, 1.54) is 70.6 Å². The Hall–Kier alpha value is 0.190. The molecule has 0 amide bonds. The second kappa shape index (κ2) is 7.18. The molecule has 0 spiro atoms. The van der Waals surface area contributed by atoms with E-state index in [1.54, 1.807) is 0 Å². The van der Waals surface area contributed by atoms with Crippen molar-refractivity contribution in [2.75, 3.05) is 6.61 Å². The molecule has 0 aromatic rings. The van der Waals surface area contributed by atoms with Crippen molar-refractivity contribution in [2.45, 2.75) is 100 Å². The first-order chi connectivity index (χ1) is 10.3. The lowest BCUT2D eigenvalue weighted by molar-refractivity contribution is 0.229. The van der Waals surface area contributed by atoms with Crippen LogP contribution in [0.1, 0.15) is 83.5 Å². The average Bonchev–Trinajstić information content (AvgIpc) is 3.05. The van der Waals surface area contributed by atoms with Crippen LogP contribution in [0, 0.1) is 5.92 Å². The highest BCUT2D eigenvalue weighted by atomic mass is 31.2. The smallest absolute Gasteiger partial charge is 0.0968 e. The Bertz CT molecular complexity index is 347. The van der Waals surface area contributed by atoms with Gasteiger partial charge in [0.05, 0.1) is 7.14 Å². The van der Waals surface area contributed by atoms with Gasteiger partial charge in [-0.3, -0.25) is 0 Å². The van der Waals surface area contributed by atoms with Gasteiger partial charge in [-0.25, -0.2) is 0 Å². The van der Waals surface area contributed by atoms with Crippen LogP contribution in [0.3, 0.4) is 0 Å². The van der Waals surface area contributed by atoms with Crippen LogP contribution in [0.2, 0.25) is 0 Å². The lowest BCUT2D eigenvalue weighted by Gasteiger charge is -2.43. The van der Waals surface area contributed by atoms with Crippen LogP contribution in [-0.4, -0.2) is 28.7 Å². The molecule has 0 aromatic carbocycles. The third kappa shape index (κ3) is 3.13. The second-order valence-electron chi connectivity index (χ2n) is 7.79. The number of rotatable bonds is 4. The minimum Gasteiger partial charge on any atom is -0.396 e. The van der Waals surface area contributed by atoms with Gasteiger partial charge in [-0.15, -0.1) is 0 Å². The zero-order chi connectivity index (χ0) is 14.7. The molecule has 3 aliphatic rings. The summed E-state index contributed by atoms with van der Waals surface area (Å²) in [7, 11) is -2.15. The maximum atomic E-state index is 14.4. The molecule has 0 saturated heterocycles. The average molecular weight is 312 g/mol. The molecule has 2 nitrogen and oxygen atoms in total. The van der Waals surface area contributed by atoms with Gasteiger partial charge in [0, 0.05) is 23.6 Å². The highest BCUT2D eigenvalue weighted by molar-refractivity contribution is 7.66. The van der Waals surface area contributed by atoms with Crippen LogP contribution in [0.5, 0.6) is 0 Å². The minimum atomic E-state index is -2.15. The molecular weight excluding hydrogens is 279 g/mol. The zero-order valence-corrected chi connectivity index (χ0v) is 14.4. The topological polar surface area (TPSA) is 37.3 Å². The third-order valence-electron chi connectivity index (χ3n) is 6.66. The molecule has 0 radical (unpaired) electrons. The third-order valence-corrected chi connectivity index (χ3v) is 11.7. The van der Waals surface area contributed by atoms with Gasteiger partial charge >= 0.3 is 0 Å². The summed E-state index contributed by atoms with van der Waals surface area (Å²) >= 11 is 0. The van der Waals surface area contributed by atoms with Crippen LogP contribution >= 0.6 is 7.14 Å². The second-order valence-corrected chi connectivity index (χ2v) is 11.4. The van der Waals surface area contributed by atoms with E-state index in [0.29, 0.717) is 22.9 Å². The molecule has 0 unspecified atom stereocenters. The first-order valence-corrected chi connectivity index (χ1v) is 11.4. The molecule has 2 atom stereocenters. The Morgan fingerprint density at radius 1 is 0.714 bits per heavy atom. The summed E-state index contributed by atoms with van der Waals surface area (Å²) in [5.41, 5.74) is 1.38. The Morgan fingerprint density at radius 3 is 1.71 bits per heavy atom. The molecule has 3 aliphatic carbocycles. The van der Waals surface area contributed by atoms with Gasteiger partial charge in [-0.2, -0.15) is 0 Å². The van der Waals surface area contributed by atoms with E-state index >= 15 is 0 Å². The molecule has 122 valence electrons. The number of aliphatic hydroxyl groups is 1. The van der Waals surface area contributed by atoms with Crippen molar-refractivity contribution in [3.8, 4) is 0 Å². The van der Waals surface area contributed by atoms with Crippen molar-refractivity contribution < 1.29 is 9.67 Å². The summed E-state index contributed by atoms with van der Waals surface area (Å²) in [5.74, 6) is 0.347. The predicted octanol–water partition coefficient (Wildman–Crippen LogP) is 5.18. The van der Waals surface area contributed by atoms with Gasteiger partial charge in [0.15, 0.2) is 0 Å². The normalized spacial score (nSPS) is 33.4. The largest absolute Gasteiger partial charge is 0.396 e. The number of aliphatic hydroxyl groups excluding tert-OH is 1. The summed E-state index contributed by atoms with van der Waals surface area (Å²) in [6.45, 7) is 0.272. The van der Waals surface area contributed by atoms with Crippen LogP contribution < -0.4 is 0 Å². The molecule has 21 heavy (non-hydrogen) atoms. The maximum absolute atomic E-state index is 14.4. The highest BCUT2D eigenvalue weighted by Gasteiger charge is 2.50. The number of hydrogen-bond acceptors (Lipinski definition) is 2. The SMILES string of the molecule is O=P(C1CCCCC1)(C1CCCCC1)[C@@H]1CCC[C@@H]1CO. The Labute approximate surface area is 130 Å². The van der Waals surface area contributed by atoms with Crippen molar-refractivity contribution in [3.05, 3.63) is 0 Å². The monoisotopic (exact) mass is 312 g/mol. The Kier molecular flexibility index (Phi) is 5.49. The van der Waals surface area contributed by atoms with E-state index in [0.717, 1.165) is 12.8 Å². The fourth-order valence-corrected chi connectivity index (χ4v) is 11.1. The highest BCUT2D eigenvalue weighted by Crippen LogP contribution is 2.69. The van der Waals surface area contributed by atoms with E-state index in [9.17, 15) is 9.67 Å². The van der Waals surface area contributed by atoms with Crippen molar-refractivity contribution in [1.82, 2.24) is 0 Å². The van der Waals surface area contributed by atoms with E-state index in [2.05, 4.69) is 0 Å². The van der Waals surface area contributed by atoms with Crippen LogP contribution in [0.15, 0.2) is 0 Å². The van der Waals surface area contributed by atoms with Gasteiger partial charge in [-0.1, -0.05) is 44.9 Å². The molecular formula is C18H33O2P. The fraction of sp³-hybridized carbons (Fsp3) is 1.00. The predicted molar refractivity (Wildman–Crippen MR) is 89.6 cm³/mol. The van der Waals surface area contributed by atoms with Crippen LogP contribution in [0.4, 0.5) is 0 Å². The van der Waals surface area contributed by atoms with E-state index in [1.807, 2.05) is 0 Å². The minimum absolute atomic E-state index is 0.272. The molecule has 3 fully saturated rings. The summed E-state index contributed by atoms with van der Waals surface area (Å²) in [5, 5.41) is 9.78. The molecule has 3 heteroatoms. The van der Waals surface area contributed by atoms with E-state index in [4.69, 9.17) is 0 Å². The van der Waals surface area contributed by atoms with Gasteiger partial charge in [-0.05, 0) is 44.4 Å². The first kappa shape index (κ1) is 16.1. The molecule has 3 saturated carbocycles. The van der Waals surface area contributed by atoms with Crippen molar-refractivity contribution in [2.24, 2.45) is 5.92 Å². The number of hydrogen-bond donors (Lipinski definition) is 1. The van der Waals surface area contributed by atoms with Crippen molar-refractivity contribution in [1.29, 1.82) is 0 Å². The summed E-state index contributed by atoms with van der Waals surface area (Å²) in [4.78, 5) is 0. The zero-order valence-electron chi connectivity index (χ0n) is 13.5. The molecule has 0 bridgehead atoms. The van der Waals surface area contributed by atoms with E-state index in [-0.39, 0.29) is 6.61 Å². The standard InChI is InChI=1S/C18H33O2P/c19-14-15-8-7-13-18(15)21(20,16-9-3-1-4-10-16)17-11-5-2-6-12-17/h15-19H,1-14H2/t15-,18-/m1/s1. The van der Waals surface area contributed by atoms with Crippen LogP contribution in [0.25, 0.3) is 0 Å². The molecule has 3 rings (SSSR count). The lowest BCUT2D eigenvalue weighted by Crippen LogP contribution is -2.32. The molecule has 0 aliphatic heterocycles. The summed E-state index contributed by atoms with van der Waals surface area (Å²) in [6, 6.07) is 0. The van der Waals surface area contributed by atoms with Gasteiger partial charge < -0.3 is 9.67 Å². The van der Waals surface area contributed by atoms with Gasteiger partial charge in [0.2, 0.25) is 0 Å². The Balaban J connectivity index is 1.87. The van der Waals surface area contributed by atoms with Gasteiger partial charge in [0.25, 0.3) is 0 Å².